The number of alkyl halides is 1. The Hall–Kier alpha value is -1.37. The maximum atomic E-state index is 17.1. The molecule has 0 aliphatic heterocycles. The Morgan fingerprint density at radius 2 is 1.29 bits per heavy atom. The molecule has 1 aromatic carbocycles. The van der Waals surface area contributed by atoms with E-state index in [9.17, 15) is 0 Å². The number of hydrogen-bond donors (Lipinski definition) is 0. The molecular weight excluding hydrogens is 427 g/mol. The van der Waals surface area contributed by atoms with Gasteiger partial charge >= 0.3 is 0 Å². The second-order valence-electron chi connectivity index (χ2n) is 12.1. The van der Waals surface area contributed by atoms with Gasteiger partial charge < -0.3 is 0 Å². The minimum absolute atomic E-state index is 0.132. The predicted molar refractivity (Wildman–Crippen MR) is 150 cm³/mol. The summed E-state index contributed by atoms with van der Waals surface area (Å²) >= 11 is 0. The summed E-state index contributed by atoms with van der Waals surface area (Å²) in [5.41, 5.74) is 1.48. The van der Waals surface area contributed by atoms with E-state index in [1.807, 2.05) is 12.2 Å². The number of rotatable bonds is 11. The molecule has 0 radical (unpaired) electrons. The minimum atomic E-state index is -1.24. The molecule has 194 valence electrons. The lowest BCUT2D eigenvalue weighted by atomic mass is 9.64. The van der Waals surface area contributed by atoms with Crippen molar-refractivity contribution >= 4 is 0 Å². The molecule has 1 heteroatoms. The molecule has 2 fully saturated rings. The quantitative estimate of drug-likeness (QED) is 0.277. The molecule has 0 bridgehead atoms. The fourth-order valence-electron chi connectivity index (χ4n) is 7.55. The molecule has 3 aliphatic carbocycles. The Kier molecular flexibility index (Phi) is 10.1. The van der Waals surface area contributed by atoms with Crippen LogP contribution in [0.1, 0.15) is 140 Å². The summed E-state index contributed by atoms with van der Waals surface area (Å²) in [7, 11) is 0. The number of benzene rings is 1. The van der Waals surface area contributed by atoms with E-state index in [1.165, 1.54) is 101 Å². The Bertz CT molecular complexity index is 806. The maximum absolute atomic E-state index is 17.1. The Labute approximate surface area is 215 Å². The molecule has 0 saturated heterocycles. The lowest BCUT2D eigenvalue weighted by molar-refractivity contribution is 0.0727. The van der Waals surface area contributed by atoms with Crippen LogP contribution in [-0.2, 0) is 0 Å². The fraction of sp³-hybridized carbons (Fsp3) is 0.706. The van der Waals surface area contributed by atoms with E-state index in [-0.39, 0.29) is 11.8 Å². The predicted octanol–water partition coefficient (Wildman–Crippen LogP) is 10.8. The van der Waals surface area contributed by atoms with Gasteiger partial charge in [0.05, 0.1) is 0 Å². The second kappa shape index (κ2) is 13.3. The van der Waals surface area contributed by atoms with Crippen molar-refractivity contribution in [2.45, 2.75) is 134 Å². The SMILES string of the molecule is CCCCCC1CCC(c2ccccc2C2C=CC=CC2(F)C2CCC(CCCCC)CC2)CC1. The smallest absolute Gasteiger partial charge is 0.142 e. The number of hydrogen-bond acceptors (Lipinski definition) is 0. The number of halogens is 1. The zero-order valence-electron chi connectivity index (χ0n) is 22.7. The highest BCUT2D eigenvalue weighted by molar-refractivity contribution is 5.42. The lowest BCUT2D eigenvalue weighted by Gasteiger charge is -2.43. The van der Waals surface area contributed by atoms with Crippen LogP contribution >= 0.6 is 0 Å². The molecule has 0 spiro atoms. The van der Waals surface area contributed by atoms with Crippen LogP contribution in [0, 0.1) is 17.8 Å². The van der Waals surface area contributed by atoms with Crippen molar-refractivity contribution in [3.05, 3.63) is 59.7 Å². The van der Waals surface area contributed by atoms with Crippen LogP contribution in [0.4, 0.5) is 4.39 Å². The van der Waals surface area contributed by atoms with Gasteiger partial charge in [-0.05, 0) is 79.4 Å². The van der Waals surface area contributed by atoms with Gasteiger partial charge in [0.15, 0.2) is 0 Å². The summed E-state index contributed by atoms with van der Waals surface area (Å²) in [6.45, 7) is 4.58. The van der Waals surface area contributed by atoms with Crippen molar-refractivity contribution in [2.24, 2.45) is 17.8 Å². The Morgan fingerprint density at radius 1 is 0.714 bits per heavy atom. The van der Waals surface area contributed by atoms with Crippen molar-refractivity contribution in [1.82, 2.24) is 0 Å². The molecule has 1 aromatic rings. The first-order valence-corrected chi connectivity index (χ1v) is 15.3. The Balaban J connectivity index is 1.44. The zero-order valence-corrected chi connectivity index (χ0v) is 22.7. The first kappa shape index (κ1) is 26.7. The summed E-state index contributed by atoms with van der Waals surface area (Å²) in [4.78, 5) is 0. The van der Waals surface area contributed by atoms with Crippen molar-refractivity contribution in [2.75, 3.05) is 0 Å². The zero-order chi connectivity index (χ0) is 24.5. The van der Waals surface area contributed by atoms with Gasteiger partial charge in [-0.2, -0.15) is 0 Å². The third-order valence-electron chi connectivity index (χ3n) is 9.76. The van der Waals surface area contributed by atoms with Gasteiger partial charge in [0.2, 0.25) is 0 Å². The highest BCUT2D eigenvalue weighted by Gasteiger charge is 2.46. The maximum Gasteiger partial charge on any atom is 0.142 e. The normalized spacial score (nSPS) is 33.2. The molecular formula is C34H51F. The molecule has 0 N–H and O–H groups in total. The van der Waals surface area contributed by atoms with Crippen LogP contribution in [0.5, 0.6) is 0 Å². The van der Waals surface area contributed by atoms with E-state index in [4.69, 9.17) is 0 Å². The second-order valence-corrected chi connectivity index (χ2v) is 12.1. The van der Waals surface area contributed by atoms with Crippen LogP contribution in [0.3, 0.4) is 0 Å². The van der Waals surface area contributed by atoms with Gasteiger partial charge in [0.1, 0.15) is 5.67 Å². The molecule has 3 aliphatic rings. The summed E-state index contributed by atoms with van der Waals surface area (Å²) < 4.78 is 17.1. The van der Waals surface area contributed by atoms with E-state index >= 15 is 4.39 Å². The van der Waals surface area contributed by atoms with Crippen molar-refractivity contribution in [3.63, 3.8) is 0 Å². The third kappa shape index (κ3) is 6.69. The van der Waals surface area contributed by atoms with Crippen LogP contribution in [0.15, 0.2) is 48.6 Å². The first-order valence-electron chi connectivity index (χ1n) is 15.3. The van der Waals surface area contributed by atoms with E-state index in [0.29, 0.717) is 5.92 Å². The summed E-state index contributed by atoms with van der Waals surface area (Å²) in [5, 5.41) is 0. The molecule has 0 nitrogen and oxygen atoms in total. The summed E-state index contributed by atoms with van der Waals surface area (Å²) in [6.07, 6.45) is 28.8. The first-order chi connectivity index (χ1) is 17.2. The molecule has 0 aromatic heterocycles. The third-order valence-corrected chi connectivity index (χ3v) is 9.76. The van der Waals surface area contributed by atoms with Crippen molar-refractivity contribution in [1.29, 1.82) is 0 Å². The van der Waals surface area contributed by atoms with Gasteiger partial charge in [0.25, 0.3) is 0 Å². The average Bonchev–Trinajstić information content (AvgIpc) is 2.90. The highest BCUT2D eigenvalue weighted by Crippen LogP contribution is 2.51. The Morgan fingerprint density at radius 3 is 1.89 bits per heavy atom. The molecule has 2 atom stereocenters. The van der Waals surface area contributed by atoms with Crippen molar-refractivity contribution in [3.8, 4) is 0 Å². The van der Waals surface area contributed by atoms with Gasteiger partial charge in [-0.25, -0.2) is 4.39 Å². The van der Waals surface area contributed by atoms with E-state index in [0.717, 1.165) is 24.7 Å². The molecule has 2 unspecified atom stereocenters. The summed E-state index contributed by atoms with van der Waals surface area (Å²) in [6, 6.07) is 8.92. The van der Waals surface area contributed by atoms with E-state index < -0.39 is 5.67 Å². The molecule has 2 saturated carbocycles. The largest absolute Gasteiger partial charge is 0.238 e. The number of allylic oxidation sites excluding steroid dienone is 4. The molecule has 35 heavy (non-hydrogen) atoms. The lowest BCUT2D eigenvalue weighted by Crippen LogP contribution is -2.40. The van der Waals surface area contributed by atoms with Crippen LogP contribution in [-0.4, -0.2) is 5.67 Å². The van der Waals surface area contributed by atoms with E-state index in [1.54, 1.807) is 0 Å². The van der Waals surface area contributed by atoms with Crippen LogP contribution in [0.2, 0.25) is 0 Å². The fourth-order valence-corrected chi connectivity index (χ4v) is 7.55. The molecule has 0 amide bonds. The number of unbranched alkanes of at least 4 members (excludes halogenated alkanes) is 4. The molecule has 4 rings (SSSR count). The molecule has 0 heterocycles. The minimum Gasteiger partial charge on any atom is -0.238 e. The van der Waals surface area contributed by atoms with Crippen molar-refractivity contribution < 1.29 is 4.39 Å². The van der Waals surface area contributed by atoms with Gasteiger partial charge in [-0.15, -0.1) is 0 Å². The van der Waals surface area contributed by atoms with Crippen LogP contribution < -0.4 is 0 Å². The standard InChI is InChI=1S/C34H51F/c1-3-5-7-13-27-18-22-29(23-19-27)31-15-9-10-16-32(31)33-17-11-12-26-34(33,35)30-24-20-28(21-25-30)14-8-6-4-2/h9-12,15-17,26-30,33H,3-8,13-14,18-25H2,1-2H3. The topological polar surface area (TPSA) is 0 Å². The van der Waals surface area contributed by atoms with Crippen LogP contribution in [0.25, 0.3) is 0 Å². The summed E-state index contributed by atoms with van der Waals surface area (Å²) in [5.74, 6) is 2.36. The van der Waals surface area contributed by atoms with Gasteiger partial charge in [-0.1, -0.05) is 121 Å². The van der Waals surface area contributed by atoms with Gasteiger partial charge in [0, 0.05) is 5.92 Å². The van der Waals surface area contributed by atoms with E-state index in [2.05, 4.69) is 50.3 Å². The highest BCUT2D eigenvalue weighted by atomic mass is 19.1. The average molecular weight is 479 g/mol. The monoisotopic (exact) mass is 478 g/mol. The van der Waals surface area contributed by atoms with Gasteiger partial charge in [-0.3, -0.25) is 0 Å².